The van der Waals surface area contributed by atoms with Crippen molar-refractivity contribution in [1.82, 2.24) is 19.5 Å². The molecule has 174 valence electrons. The van der Waals surface area contributed by atoms with E-state index in [1.807, 2.05) is 12.1 Å². The van der Waals surface area contributed by atoms with Crippen LogP contribution in [0.2, 0.25) is 0 Å². The molecule has 0 spiro atoms. The Morgan fingerprint density at radius 3 is 2.56 bits per heavy atom. The van der Waals surface area contributed by atoms with Crippen molar-refractivity contribution in [3.05, 3.63) is 65.4 Å². The highest BCUT2D eigenvalue weighted by Gasteiger charge is 2.41. The maximum Gasteiger partial charge on any atom is 0.449 e. The minimum atomic E-state index is -4.76. The number of rotatable bonds is 4. The van der Waals surface area contributed by atoms with E-state index < -0.39 is 23.9 Å². The van der Waals surface area contributed by atoms with Crippen molar-refractivity contribution in [3.8, 4) is 0 Å². The predicted molar refractivity (Wildman–Crippen MR) is 117 cm³/mol. The lowest BCUT2D eigenvalue weighted by Gasteiger charge is -2.30. The molecule has 0 aliphatic carbocycles. The Bertz CT molecular complexity index is 1400. The zero-order valence-corrected chi connectivity index (χ0v) is 18.0. The Kier molecular flexibility index (Phi) is 5.20. The van der Waals surface area contributed by atoms with Crippen molar-refractivity contribution in [2.75, 3.05) is 16.8 Å². The summed E-state index contributed by atoms with van der Waals surface area (Å²) in [6.07, 6.45) is -4.76. The second-order valence-electron chi connectivity index (χ2n) is 7.43. The highest BCUT2D eigenvalue weighted by atomic mass is 32.1. The summed E-state index contributed by atoms with van der Waals surface area (Å²) in [7, 11) is 0. The number of carbonyl (C=O) groups excluding carboxylic acids is 1. The zero-order valence-electron chi connectivity index (χ0n) is 17.2. The van der Waals surface area contributed by atoms with Crippen LogP contribution in [0.15, 0.2) is 42.5 Å². The first-order valence-electron chi connectivity index (χ1n) is 9.99. The average molecular weight is 488 g/mol. The topological polar surface area (TPSA) is 113 Å². The van der Waals surface area contributed by atoms with Gasteiger partial charge in [0.25, 0.3) is 5.91 Å². The van der Waals surface area contributed by atoms with Gasteiger partial charge in [0, 0.05) is 13.1 Å². The van der Waals surface area contributed by atoms with Crippen LogP contribution in [0.5, 0.6) is 0 Å². The first-order valence-corrected chi connectivity index (χ1v) is 10.8. The molecule has 5 rings (SSSR count). The van der Waals surface area contributed by atoms with Gasteiger partial charge in [0.2, 0.25) is 5.82 Å². The third kappa shape index (κ3) is 3.94. The van der Waals surface area contributed by atoms with Crippen LogP contribution in [0.4, 0.5) is 24.1 Å². The van der Waals surface area contributed by atoms with Crippen molar-refractivity contribution in [2.24, 2.45) is 0 Å². The fourth-order valence-electron chi connectivity index (χ4n) is 3.76. The minimum absolute atomic E-state index is 0.0553. The first-order chi connectivity index (χ1) is 16.2. The van der Waals surface area contributed by atoms with Crippen molar-refractivity contribution in [3.63, 3.8) is 0 Å². The van der Waals surface area contributed by atoms with E-state index in [9.17, 15) is 27.9 Å². The number of fused-ring (bicyclic) bond motifs is 2. The van der Waals surface area contributed by atoms with E-state index in [4.69, 9.17) is 0 Å². The second kappa shape index (κ2) is 8.09. The molecule has 0 unspecified atom stereocenters. The zero-order chi connectivity index (χ0) is 24.0. The van der Waals surface area contributed by atoms with E-state index in [1.54, 1.807) is 23.1 Å². The summed E-state index contributed by atoms with van der Waals surface area (Å²) in [5.41, 5.74) is 0.146. The molecule has 1 aliphatic heterocycles. The Balaban J connectivity index is 1.50. The van der Waals surface area contributed by atoms with Gasteiger partial charge < -0.3 is 14.6 Å². The van der Waals surface area contributed by atoms with Gasteiger partial charge in [0.15, 0.2) is 16.5 Å². The summed E-state index contributed by atoms with van der Waals surface area (Å²) >= 11 is 1.20. The van der Waals surface area contributed by atoms with Gasteiger partial charge in [-0.2, -0.15) is 13.2 Å². The molecule has 1 aliphatic rings. The van der Waals surface area contributed by atoms with Crippen molar-refractivity contribution in [1.29, 1.82) is 0 Å². The smallest absolute Gasteiger partial charge is 0.449 e. The minimum Gasteiger partial charge on any atom is -0.477 e. The fraction of sp³-hybridized carbons (Fsp3) is 0.190. The number of anilines is 2. The lowest BCUT2D eigenvalue weighted by molar-refractivity contribution is -0.147. The lowest BCUT2D eigenvalue weighted by atomic mass is 10.2. The summed E-state index contributed by atoms with van der Waals surface area (Å²) in [6, 6.07) is 11.6. The normalized spacial score (nSPS) is 13.7. The van der Waals surface area contributed by atoms with Crippen LogP contribution in [-0.2, 0) is 19.3 Å². The standard InChI is InChI=1S/C21H15F3N6O3S/c22-21(23,24)19-27-16(17(31)28-20-26-11-4-1-2-6-14(11)34-20)13-10-29(8-9-30(13)19)15-7-3-5-12(25-15)18(32)33/h1-7H,8-10H2,(H,32,33)(H,26,28,31). The molecule has 4 aromatic rings. The molecule has 34 heavy (non-hydrogen) atoms. The number of nitrogens with one attached hydrogen (secondary N) is 1. The molecule has 9 nitrogen and oxygen atoms in total. The van der Waals surface area contributed by atoms with E-state index in [-0.39, 0.29) is 47.7 Å². The lowest BCUT2D eigenvalue weighted by Crippen LogP contribution is -2.36. The third-order valence-electron chi connectivity index (χ3n) is 5.27. The fourth-order valence-corrected chi connectivity index (χ4v) is 4.62. The number of imidazole rings is 1. The number of pyridine rings is 1. The second-order valence-corrected chi connectivity index (χ2v) is 8.46. The van der Waals surface area contributed by atoms with Crippen LogP contribution in [0.25, 0.3) is 10.2 Å². The van der Waals surface area contributed by atoms with Crippen molar-refractivity contribution < 1.29 is 27.9 Å². The number of aromatic nitrogens is 4. The monoisotopic (exact) mass is 488 g/mol. The van der Waals surface area contributed by atoms with Crippen LogP contribution in [0, 0.1) is 0 Å². The summed E-state index contributed by atoms with van der Waals surface area (Å²) < 4.78 is 42.8. The SMILES string of the molecule is O=C(O)c1cccc(N2CCn3c(C(F)(F)F)nc(C(=O)Nc4nc5ccccc5s4)c3C2)n1. The molecule has 0 fully saturated rings. The van der Waals surface area contributed by atoms with Gasteiger partial charge >= 0.3 is 12.1 Å². The van der Waals surface area contributed by atoms with Gasteiger partial charge in [-0.05, 0) is 24.3 Å². The van der Waals surface area contributed by atoms with Crippen LogP contribution >= 0.6 is 11.3 Å². The number of carboxylic acids is 1. The maximum atomic E-state index is 13.7. The molecule has 4 heterocycles. The largest absolute Gasteiger partial charge is 0.477 e. The average Bonchev–Trinajstić information content (AvgIpc) is 3.39. The van der Waals surface area contributed by atoms with Crippen LogP contribution < -0.4 is 10.2 Å². The van der Waals surface area contributed by atoms with E-state index >= 15 is 0 Å². The maximum absolute atomic E-state index is 13.7. The number of carboxylic acid groups (broad SMARTS) is 1. The van der Waals surface area contributed by atoms with Gasteiger partial charge in [-0.3, -0.25) is 10.1 Å². The highest BCUT2D eigenvalue weighted by molar-refractivity contribution is 7.22. The predicted octanol–water partition coefficient (Wildman–Crippen LogP) is 3.88. The summed E-state index contributed by atoms with van der Waals surface area (Å²) in [6.45, 7) is -0.0895. The number of para-hydroxylation sites is 1. The van der Waals surface area contributed by atoms with Crippen molar-refractivity contribution >= 4 is 44.4 Å². The molecular weight excluding hydrogens is 473 g/mol. The Hall–Kier alpha value is -4.00. The molecule has 3 aromatic heterocycles. The molecular formula is C21H15F3N6O3S. The van der Waals surface area contributed by atoms with E-state index in [0.717, 1.165) is 9.27 Å². The molecule has 0 saturated carbocycles. The van der Waals surface area contributed by atoms with E-state index in [0.29, 0.717) is 5.52 Å². The van der Waals surface area contributed by atoms with E-state index in [1.165, 1.54) is 23.5 Å². The molecule has 0 atom stereocenters. The molecule has 2 N–H and O–H groups in total. The van der Waals surface area contributed by atoms with Gasteiger partial charge in [-0.1, -0.05) is 29.5 Å². The highest BCUT2D eigenvalue weighted by Crippen LogP contribution is 2.34. The molecule has 1 amide bonds. The number of hydrogen-bond acceptors (Lipinski definition) is 7. The number of alkyl halides is 3. The summed E-state index contributed by atoms with van der Waals surface area (Å²) in [5.74, 6) is -2.92. The van der Waals surface area contributed by atoms with Gasteiger partial charge in [-0.15, -0.1) is 0 Å². The third-order valence-corrected chi connectivity index (χ3v) is 6.22. The van der Waals surface area contributed by atoms with E-state index in [2.05, 4.69) is 20.3 Å². The van der Waals surface area contributed by atoms with Crippen molar-refractivity contribution in [2.45, 2.75) is 19.3 Å². The van der Waals surface area contributed by atoms with Crippen LogP contribution in [0.1, 0.15) is 32.5 Å². The summed E-state index contributed by atoms with van der Waals surface area (Å²) in [5, 5.41) is 12.0. The van der Waals surface area contributed by atoms with Gasteiger partial charge in [-0.25, -0.2) is 19.7 Å². The number of amides is 1. The number of benzene rings is 1. The first kappa shape index (κ1) is 21.8. The molecule has 0 radical (unpaired) electrons. The Labute approximate surface area is 193 Å². The van der Waals surface area contributed by atoms with Crippen LogP contribution in [0.3, 0.4) is 0 Å². The molecule has 0 bridgehead atoms. The quantitative estimate of drug-likeness (QED) is 0.448. The number of halogens is 3. The number of hydrogen-bond donors (Lipinski definition) is 2. The van der Waals surface area contributed by atoms with Gasteiger partial charge in [0.05, 0.1) is 22.5 Å². The van der Waals surface area contributed by atoms with Crippen LogP contribution in [-0.4, -0.2) is 43.0 Å². The molecule has 1 aromatic carbocycles. The Morgan fingerprint density at radius 2 is 1.82 bits per heavy atom. The Morgan fingerprint density at radius 1 is 1.03 bits per heavy atom. The molecule has 0 saturated heterocycles. The molecule has 13 heteroatoms. The number of carbonyl (C=O) groups is 2. The number of aromatic carboxylic acids is 1. The van der Waals surface area contributed by atoms with Gasteiger partial charge in [0.1, 0.15) is 5.82 Å². The number of thiazole rings is 1. The summed E-state index contributed by atoms with van der Waals surface area (Å²) in [4.78, 5) is 37.8. The number of nitrogens with zero attached hydrogens (tertiary/aromatic N) is 5.